The molecular weight excluding hydrogens is 671 g/mol. The third kappa shape index (κ3) is 13.4. The summed E-state index contributed by atoms with van der Waals surface area (Å²) >= 11 is 0. The molecule has 0 heterocycles. The van der Waals surface area contributed by atoms with Crippen molar-refractivity contribution in [1.82, 2.24) is 0 Å². The molecule has 2 aromatic carbocycles. The second-order valence-electron chi connectivity index (χ2n) is 17.0. The van der Waals surface area contributed by atoms with Gasteiger partial charge in [-0.1, -0.05) is 145 Å². The van der Waals surface area contributed by atoms with Crippen molar-refractivity contribution < 1.29 is 32.7 Å². The van der Waals surface area contributed by atoms with E-state index in [0.29, 0.717) is 37.2 Å². The lowest BCUT2D eigenvalue weighted by atomic mass is 9.79. The van der Waals surface area contributed by atoms with Gasteiger partial charge >= 0.3 is 20.2 Å². The number of carbonyl (C=O) groups excluding carboxylic acids is 2. The first-order valence-corrected chi connectivity index (χ1v) is 20.9. The van der Waals surface area contributed by atoms with Crippen LogP contribution in [0.5, 0.6) is 11.5 Å². The van der Waals surface area contributed by atoms with Gasteiger partial charge in [0.25, 0.3) is 0 Å². The summed E-state index contributed by atoms with van der Waals surface area (Å²) in [6.07, 6.45) is 8.87. The van der Waals surface area contributed by atoms with Gasteiger partial charge in [-0.2, -0.15) is 0 Å². The van der Waals surface area contributed by atoms with Gasteiger partial charge in [0.2, 0.25) is 0 Å². The molecular formula is C44H70O7P+. The molecule has 2 aromatic rings. The van der Waals surface area contributed by atoms with Crippen molar-refractivity contribution in [3.63, 3.8) is 0 Å². The molecule has 0 aliphatic heterocycles. The second-order valence-corrected chi connectivity index (χ2v) is 18.0. The number of benzene rings is 2. The van der Waals surface area contributed by atoms with Crippen LogP contribution in [0.15, 0.2) is 36.4 Å². The van der Waals surface area contributed by atoms with E-state index in [2.05, 4.69) is 69.2 Å². The zero-order valence-electron chi connectivity index (χ0n) is 34.7. The molecule has 0 unspecified atom stereocenters. The Bertz CT molecular complexity index is 1330. The summed E-state index contributed by atoms with van der Waals surface area (Å²) in [5.74, 6) is 0.360. The molecule has 0 saturated heterocycles. The molecule has 0 fully saturated rings. The SMILES string of the molecule is CCCCC(CCCC)(CO[P+](=O)OCC(CCCC)(CCCC)C(=O)Oc1cc(C)ccc1C(C)(C)C)C(=O)Oc1cc(C)ccc1C(C)(C)C. The summed E-state index contributed by atoms with van der Waals surface area (Å²) < 4.78 is 38.2. The molecule has 0 amide bonds. The van der Waals surface area contributed by atoms with Gasteiger partial charge in [-0.25, -0.2) is 0 Å². The van der Waals surface area contributed by atoms with Crippen molar-refractivity contribution in [2.24, 2.45) is 10.8 Å². The molecule has 292 valence electrons. The maximum atomic E-state index is 14.3. The average Bonchev–Trinajstić information content (AvgIpc) is 3.06. The summed E-state index contributed by atoms with van der Waals surface area (Å²) in [6.45, 7) is 24.7. The van der Waals surface area contributed by atoms with Gasteiger partial charge in [-0.05, 0) is 73.6 Å². The minimum absolute atomic E-state index is 0.0999. The molecule has 7 nitrogen and oxygen atoms in total. The first-order valence-electron chi connectivity index (χ1n) is 19.8. The highest BCUT2D eigenvalue weighted by atomic mass is 31.1. The van der Waals surface area contributed by atoms with Crippen LogP contribution in [0.4, 0.5) is 0 Å². The number of aryl methyl sites for hydroxylation is 2. The molecule has 0 aliphatic carbocycles. The van der Waals surface area contributed by atoms with Gasteiger partial charge in [0.05, 0.1) is 10.8 Å². The molecule has 0 radical (unpaired) electrons. The van der Waals surface area contributed by atoms with E-state index in [1.54, 1.807) is 0 Å². The fraction of sp³-hybridized carbons (Fsp3) is 0.682. The highest BCUT2D eigenvalue weighted by Crippen LogP contribution is 2.43. The highest BCUT2D eigenvalue weighted by Gasteiger charge is 2.46. The van der Waals surface area contributed by atoms with E-state index < -0.39 is 19.1 Å². The molecule has 0 N–H and O–H groups in total. The molecule has 52 heavy (non-hydrogen) atoms. The zero-order valence-corrected chi connectivity index (χ0v) is 35.6. The summed E-state index contributed by atoms with van der Waals surface area (Å²) in [5.41, 5.74) is 1.42. The largest absolute Gasteiger partial charge is 0.697 e. The minimum Gasteiger partial charge on any atom is -0.426 e. The maximum absolute atomic E-state index is 14.3. The lowest BCUT2D eigenvalue weighted by Gasteiger charge is -2.31. The van der Waals surface area contributed by atoms with E-state index in [4.69, 9.17) is 18.5 Å². The second kappa shape index (κ2) is 20.7. The predicted molar refractivity (Wildman–Crippen MR) is 214 cm³/mol. The van der Waals surface area contributed by atoms with Crippen molar-refractivity contribution in [1.29, 1.82) is 0 Å². The molecule has 0 aromatic heterocycles. The Morgan fingerprint density at radius 3 is 1.13 bits per heavy atom. The Morgan fingerprint density at radius 1 is 0.558 bits per heavy atom. The fourth-order valence-corrected chi connectivity index (χ4v) is 7.38. The van der Waals surface area contributed by atoms with Crippen LogP contribution in [0.25, 0.3) is 0 Å². The smallest absolute Gasteiger partial charge is 0.426 e. The molecule has 0 atom stereocenters. The lowest BCUT2D eigenvalue weighted by Crippen LogP contribution is -2.40. The Balaban J connectivity index is 2.41. The monoisotopic (exact) mass is 741 g/mol. The van der Waals surface area contributed by atoms with Crippen LogP contribution < -0.4 is 9.47 Å². The highest BCUT2D eigenvalue weighted by molar-refractivity contribution is 7.33. The summed E-state index contributed by atoms with van der Waals surface area (Å²) in [7, 11) is -2.66. The Kier molecular flexibility index (Phi) is 18.2. The lowest BCUT2D eigenvalue weighted by molar-refractivity contribution is -0.149. The third-order valence-electron chi connectivity index (χ3n) is 10.1. The van der Waals surface area contributed by atoms with Crippen LogP contribution in [-0.2, 0) is 34.0 Å². The minimum atomic E-state index is -2.66. The molecule has 0 spiro atoms. The van der Waals surface area contributed by atoms with Crippen LogP contribution >= 0.6 is 8.25 Å². The van der Waals surface area contributed by atoms with E-state index in [0.717, 1.165) is 73.6 Å². The molecule has 0 saturated carbocycles. The molecule has 0 aliphatic rings. The van der Waals surface area contributed by atoms with Gasteiger partial charge in [-0.15, -0.1) is 9.05 Å². The number of rotatable bonds is 22. The first kappa shape index (κ1) is 45.6. The van der Waals surface area contributed by atoms with E-state index >= 15 is 0 Å². The van der Waals surface area contributed by atoms with Gasteiger partial charge in [0, 0.05) is 15.7 Å². The number of unbranched alkanes of at least 4 members (excludes halogenated alkanes) is 4. The van der Waals surface area contributed by atoms with Crippen molar-refractivity contribution >= 4 is 20.2 Å². The Hall–Kier alpha value is -2.60. The quantitative estimate of drug-likeness (QED) is 0.0674. The fourth-order valence-electron chi connectivity index (χ4n) is 6.60. The summed E-state index contributed by atoms with van der Waals surface area (Å²) in [4.78, 5) is 28.6. The summed E-state index contributed by atoms with van der Waals surface area (Å²) in [5, 5.41) is 0. The molecule has 0 bridgehead atoms. The standard InChI is InChI=1S/C44H70O7P/c1-13-17-25-43(26-18-14-2,39(45)50-37-29-33(5)21-23-35(37)41(7,8)9)31-48-52(47)49-32-44(27-19-15-3,28-20-16-4)40(46)51-38-30-34(6)22-24-36(38)42(10,11)12/h21-24,29-30H,13-20,25-28,31-32H2,1-12H3/q+1. The predicted octanol–water partition coefficient (Wildman–Crippen LogP) is 12.8. The maximum Gasteiger partial charge on any atom is 0.697 e. The van der Waals surface area contributed by atoms with Crippen LogP contribution in [0.3, 0.4) is 0 Å². The van der Waals surface area contributed by atoms with Crippen LogP contribution in [0.1, 0.15) is 169 Å². The molecule has 2 rings (SSSR count). The van der Waals surface area contributed by atoms with Gasteiger partial charge in [-0.3, -0.25) is 9.59 Å². The van der Waals surface area contributed by atoms with Crippen molar-refractivity contribution in [3.8, 4) is 11.5 Å². The van der Waals surface area contributed by atoms with E-state index in [1.807, 2.05) is 50.2 Å². The average molecular weight is 742 g/mol. The number of esters is 2. The van der Waals surface area contributed by atoms with Gasteiger partial charge in [0.1, 0.15) is 24.7 Å². The first-order chi connectivity index (χ1) is 24.4. The molecule has 8 heteroatoms. The normalized spacial score (nSPS) is 12.5. The van der Waals surface area contributed by atoms with Gasteiger partial charge in [0.15, 0.2) is 0 Å². The number of hydrogen-bond acceptors (Lipinski definition) is 7. The number of ether oxygens (including phenoxy) is 2. The van der Waals surface area contributed by atoms with Crippen LogP contribution in [-0.4, -0.2) is 25.2 Å². The van der Waals surface area contributed by atoms with E-state index in [9.17, 15) is 14.2 Å². The van der Waals surface area contributed by atoms with Crippen molar-refractivity contribution in [2.45, 2.75) is 171 Å². The summed E-state index contributed by atoms with van der Waals surface area (Å²) in [6, 6.07) is 11.9. The van der Waals surface area contributed by atoms with Crippen LogP contribution in [0, 0.1) is 24.7 Å². The van der Waals surface area contributed by atoms with E-state index in [1.165, 1.54) is 0 Å². The number of hydrogen-bond donors (Lipinski definition) is 0. The zero-order chi connectivity index (χ0) is 39.2. The third-order valence-corrected chi connectivity index (χ3v) is 10.8. The Morgan fingerprint density at radius 2 is 0.865 bits per heavy atom. The Labute approximate surface area is 317 Å². The van der Waals surface area contributed by atoms with Crippen molar-refractivity contribution in [2.75, 3.05) is 13.2 Å². The van der Waals surface area contributed by atoms with Crippen molar-refractivity contribution in [3.05, 3.63) is 58.7 Å². The number of carbonyl (C=O) groups is 2. The van der Waals surface area contributed by atoms with E-state index in [-0.39, 0.29) is 36.0 Å². The topological polar surface area (TPSA) is 88.1 Å². The van der Waals surface area contributed by atoms with Crippen LogP contribution in [0.2, 0.25) is 0 Å². The van der Waals surface area contributed by atoms with Gasteiger partial charge < -0.3 is 9.47 Å².